The second-order valence-corrected chi connectivity index (χ2v) is 5.36. The number of rotatable bonds is 0. The molecule has 2 heteroatoms. The Balaban J connectivity index is 2.11. The predicted molar refractivity (Wildman–Crippen MR) is 67.6 cm³/mol. The third-order valence-electron chi connectivity index (χ3n) is 4.41. The lowest BCUT2D eigenvalue weighted by Gasteiger charge is -2.42. The van der Waals surface area contributed by atoms with E-state index in [1.54, 1.807) is 0 Å². The van der Waals surface area contributed by atoms with E-state index in [1.807, 2.05) is 0 Å². The lowest BCUT2D eigenvalue weighted by atomic mass is 9.83. The van der Waals surface area contributed by atoms with Crippen molar-refractivity contribution in [2.75, 3.05) is 11.9 Å². The van der Waals surface area contributed by atoms with Gasteiger partial charge in [-0.3, -0.25) is 0 Å². The summed E-state index contributed by atoms with van der Waals surface area (Å²) in [6.07, 6.45) is 3.94. The molecule has 86 valence electrons. The van der Waals surface area contributed by atoms with E-state index in [-0.39, 0.29) is 6.04 Å². The molecule has 0 aromatic heterocycles. The van der Waals surface area contributed by atoms with Gasteiger partial charge in [-0.15, -0.1) is 0 Å². The van der Waals surface area contributed by atoms with Gasteiger partial charge in [-0.2, -0.15) is 0 Å². The van der Waals surface area contributed by atoms with Gasteiger partial charge in [-0.05, 0) is 37.3 Å². The van der Waals surface area contributed by atoms with Crippen molar-refractivity contribution in [1.29, 1.82) is 0 Å². The van der Waals surface area contributed by atoms with Gasteiger partial charge in [0.05, 0.1) is 0 Å². The van der Waals surface area contributed by atoms with Gasteiger partial charge in [0.1, 0.15) is 0 Å². The largest absolute Gasteiger partial charge is 0.371 e. The minimum atomic E-state index is 0.249. The van der Waals surface area contributed by atoms with E-state index in [2.05, 4.69) is 37.1 Å². The smallest absolute Gasteiger partial charge is 0.0414 e. The average molecular weight is 216 g/mol. The molecule has 0 amide bonds. The van der Waals surface area contributed by atoms with Crippen molar-refractivity contribution in [3.63, 3.8) is 0 Å². The van der Waals surface area contributed by atoms with Crippen molar-refractivity contribution in [2.24, 2.45) is 11.7 Å². The molecule has 3 atom stereocenters. The molecule has 2 N–H and O–H groups in total. The van der Waals surface area contributed by atoms with Crippen LogP contribution in [0.4, 0.5) is 5.69 Å². The van der Waals surface area contributed by atoms with E-state index < -0.39 is 0 Å². The second-order valence-electron chi connectivity index (χ2n) is 5.36. The number of nitrogens with two attached hydrogens (primary N) is 1. The molecule has 1 heterocycles. The summed E-state index contributed by atoms with van der Waals surface area (Å²) in [5.41, 5.74) is 10.5. The Hall–Kier alpha value is -1.02. The van der Waals surface area contributed by atoms with Crippen molar-refractivity contribution >= 4 is 5.69 Å². The van der Waals surface area contributed by atoms with Gasteiger partial charge in [0, 0.05) is 24.8 Å². The fourth-order valence-corrected chi connectivity index (χ4v) is 3.54. The normalized spacial score (nSPS) is 32.4. The van der Waals surface area contributed by atoms with Crippen LogP contribution >= 0.6 is 0 Å². The van der Waals surface area contributed by atoms with Crippen LogP contribution in [0.5, 0.6) is 0 Å². The molecule has 3 unspecified atom stereocenters. The zero-order valence-corrected chi connectivity index (χ0v) is 10.1. The Morgan fingerprint density at radius 2 is 2.12 bits per heavy atom. The maximum Gasteiger partial charge on any atom is 0.0414 e. The standard InChI is InChI=1S/C14H20N2/c1-9-6-7-13-11(8-9)14(15)10-4-3-5-12(10)16(13)2/h6-8,10,12,14H,3-5,15H2,1-2H3. The Labute approximate surface area is 97.4 Å². The van der Waals surface area contributed by atoms with Crippen molar-refractivity contribution in [3.05, 3.63) is 29.3 Å². The first-order valence-corrected chi connectivity index (χ1v) is 6.27. The highest BCUT2D eigenvalue weighted by Crippen LogP contribution is 2.45. The van der Waals surface area contributed by atoms with Gasteiger partial charge in [-0.25, -0.2) is 0 Å². The minimum absolute atomic E-state index is 0.249. The maximum absolute atomic E-state index is 6.44. The first-order chi connectivity index (χ1) is 7.68. The van der Waals surface area contributed by atoms with E-state index in [4.69, 9.17) is 5.73 Å². The Kier molecular flexibility index (Phi) is 2.21. The first-order valence-electron chi connectivity index (χ1n) is 6.27. The van der Waals surface area contributed by atoms with E-state index in [9.17, 15) is 0 Å². The second kappa shape index (κ2) is 3.49. The lowest BCUT2D eigenvalue weighted by molar-refractivity contribution is 0.370. The molecule has 1 aliphatic carbocycles. The van der Waals surface area contributed by atoms with Crippen LogP contribution < -0.4 is 10.6 Å². The number of fused-ring (bicyclic) bond motifs is 2. The zero-order valence-electron chi connectivity index (χ0n) is 10.1. The molecule has 1 fully saturated rings. The Bertz CT molecular complexity index is 413. The van der Waals surface area contributed by atoms with Crippen LogP contribution in [0, 0.1) is 12.8 Å². The lowest BCUT2D eigenvalue weighted by Crippen LogP contribution is -2.44. The summed E-state index contributed by atoms with van der Waals surface area (Å²) in [7, 11) is 2.23. The molecule has 0 spiro atoms. The summed E-state index contributed by atoms with van der Waals surface area (Å²) in [5.74, 6) is 0.666. The van der Waals surface area contributed by atoms with Gasteiger partial charge >= 0.3 is 0 Å². The highest BCUT2D eigenvalue weighted by Gasteiger charge is 2.40. The molecule has 2 nitrogen and oxygen atoms in total. The van der Waals surface area contributed by atoms with Crippen LogP contribution in [0.3, 0.4) is 0 Å². The summed E-state index contributed by atoms with van der Waals surface area (Å²) >= 11 is 0. The molecule has 3 rings (SSSR count). The molecule has 16 heavy (non-hydrogen) atoms. The molecule has 1 aromatic carbocycles. The molecule has 0 bridgehead atoms. The van der Waals surface area contributed by atoms with Crippen LogP contribution in [0.25, 0.3) is 0 Å². The number of hydrogen-bond acceptors (Lipinski definition) is 2. The minimum Gasteiger partial charge on any atom is -0.371 e. The number of aryl methyl sites for hydroxylation is 1. The first kappa shape index (κ1) is 10.2. The number of anilines is 1. The van der Waals surface area contributed by atoms with E-state index in [1.165, 1.54) is 36.1 Å². The summed E-state index contributed by atoms with van der Waals surface area (Å²) in [4.78, 5) is 2.45. The third-order valence-corrected chi connectivity index (χ3v) is 4.41. The third kappa shape index (κ3) is 1.29. The molecule has 0 saturated heterocycles. The zero-order chi connectivity index (χ0) is 11.3. The van der Waals surface area contributed by atoms with E-state index in [0.29, 0.717) is 12.0 Å². The molecule has 1 saturated carbocycles. The summed E-state index contributed by atoms with van der Waals surface area (Å²) in [6.45, 7) is 2.15. The van der Waals surface area contributed by atoms with Gasteiger partial charge in [0.15, 0.2) is 0 Å². The quantitative estimate of drug-likeness (QED) is 0.722. The maximum atomic E-state index is 6.44. The van der Waals surface area contributed by atoms with Gasteiger partial charge in [0.25, 0.3) is 0 Å². The van der Waals surface area contributed by atoms with Crippen molar-refractivity contribution in [1.82, 2.24) is 0 Å². The van der Waals surface area contributed by atoms with Crippen LogP contribution in [0.1, 0.15) is 36.4 Å². The fraction of sp³-hybridized carbons (Fsp3) is 0.571. The number of hydrogen-bond donors (Lipinski definition) is 1. The molecule has 0 radical (unpaired) electrons. The molecule has 1 aliphatic heterocycles. The van der Waals surface area contributed by atoms with Crippen LogP contribution in [0.2, 0.25) is 0 Å². The molecule has 1 aromatic rings. The van der Waals surface area contributed by atoms with Gasteiger partial charge in [-0.1, -0.05) is 24.1 Å². The predicted octanol–water partition coefficient (Wildman–Crippen LogP) is 2.61. The average Bonchev–Trinajstić information content (AvgIpc) is 2.75. The van der Waals surface area contributed by atoms with Crippen molar-refractivity contribution in [2.45, 2.75) is 38.3 Å². The summed E-state index contributed by atoms with van der Waals surface area (Å²) in [5, 5.41) is 0. The molecular weight excluding hydrogens is 196 g/mol. The highest BCUT2D eigenvalue weighted by molar-refractivity contribution is 5.59. The number of nitrogens with zero attached hydrogens (tertiary/aromatic N) is 1. The Morgan fingerprint density at radius 1 is 1.31 bits per heavy atom. The SMILES string of the molecule is Cc1ccc2c(c1)C(N)C1CCCC1N2C. The number of benzene rings is 1. The fourth-order valence-electron chi connectivity index (χ4n) is 3.54. The van der Waals surface area contributed by atoms with E-state index >= 15 is 0 Å². The van der Waals surface area contributed by atoms with Gasteiger partial charge in [0.2, 0.25) is 0 Å². The van der Waals surface area contributed by atoms with Crippen LogP contribution in [-0.2, 0) is 0 Å². The highest BCUT2D eigenvalue weighted by atomic mass is 15.2. The van der Waals surface area contributed by atoms with Crippen LogP contribution in [-0.4, -0.2) is 13.1 Å². The molecular formula is C14H20N2. The van der Waals surface area contributed by atoms with Crippen molar-refractivity contribution in [3.8, 4) is 0 Å². The summed E-state index contributed by atoms with van der Waals surface area (Å²) < 4.78 is 0. The Morgan fingerprint density at radius 3 is 2.94 bits per heavy atom. The summed E-state index contributed by atoms with van der Waals surface area (Å²) in [6, 6.07) is 7.62. The van der Waals surface area contributed by atoms with Crippen LogP contribution in [0.15, 0.2) is 18.2 Å². The van der Waals surface area contributed by atoms with Crippen molar-refractivity contribution < 1.29 is 0 Å². The van der Waals surface area contributed by atoms with E-state index in [0.717, 1.165) is 0 Å². The monoisotopic (exact) mass is 216 g/mol. The topological polar surface area (TPSA) is 29.3 Å². The molecule has 2 aliphatic rings. The van der Waals surface area contributed by atoms with Gasteiger partial charge < -0.3 is 10.6 Å².